The molecule has 4 rings (SSSR count). The van der Waals surface area contributed by atoms with Crippen molar-refractivity contribution in [2.24, 2.45) is 0 Å². The van der Waals surface area contributed by atoms with Crippen LogP contribution in [-0.2, 0) is 4.74 Å². The minimum atomic E-state index is -0.920. The molecule has 2 aliphatic rings. The SMILES string of the molecule is COC(=O)c1c(C)cc2c(c1O)[C@H]1C[C@@](C)(Oc3cc(C)cc(O)c31)O2. The van der Waals surface area contributed by atoms with Crippen molar-refractivity contribution in [3.63, 3.8) is 0 Å². The lowest BCUT2D eigenvalue weighted by Gasteiger charge is -2.45. The van der Waals surface area contributed by atoms with Crippen LogP contribution in [0.1, 0.15) is 51.9 Å². The van der Waals surface area contributed by atoms with E-state index in [1.165, 1.54) is 7.11 Å². The minimum Gasteiger partial charge on any atom is -0.507 e. The number of phenols is 2. The molecule has 0 aliphatic carbocycles. The summed E-state index contributed by atoms with van der Waals surface area (Å²) in [6.45, 7) is 5.39. The maximum absolute atomic E-state index is 12.1. The van der Waals surface area contributed by atoms with Crippen molar-refractivity contribution in [2.45, 2.75) is 38.9 Å². The Morgan fingerprint density at radius 3 is 2.46 bits per heavy atom. The van der Waals surface area contributed by atoms with Crippen LogP contribution in [0, 0.1) is 13.8 Å². The van der Waals surface area contributed by atoms with Crippen molar-refractivity contribution in [2.75, 3.05) is 7.11 Å². The zero-order valence-electron chi connectivity index (χ0n) is 15.0. The van der Waals surface area contributed by atoms with Gasteiger partial charge in [0.1, 0.15) is 28.6 Å². The zero-order chi connectivity index (χ0) is 18.8. The van der Waals surface area contributed by atoms with Gasteiger partial charge in [-0.15, -0.1) is 0 Å². The predicted molar refractivity (Wildman–Crippen MR) is 93.1 cm³/mol. The smallest absolute Gasteiger partial charge is 0.341 e. The lowest BCUT2D eigenvalue weighted by molar-refractivity contribution is -0.125. The monoisotopic (exact) mass is 356 g/mol. The summed E-state index contributed by atoms with van der Waals surface area (Å²) >= 11 is 0. The molecule has 0 radical (unpaired) electrons. The van der Waals surface area contributed by atoms with Crippen LogP contribution in [0.4, 0.5) is 0 Å². The first-order valence-electron chi connectivity index (χ1n) is 8.40. The second-order valence-electron chi connectivity index (χ2n) is 7.11. The molecule has 26 heavy (non-hydrogen) atoms. The standard InChI is InChI=1S/C20H20O6/c1-9-5-12(21)16-11-8-20(3,25-13(16)6-9)26-14-7-10(2)15(19(23)24-4)18(22)17(11)14/h5-7,11,21-22H,8H2,1-4H3/t11-,20-/m0/s1. The lowest BCUT2D eigenvalue weighted by atomic mass is 9.78. The zero-order valence-corrected chi connectivity index (χ0v) is 15.0. The van der Waals surface area contributed by atoms with E-state index in [-0.39, 0.29) is 23.0 Å². The molecule has 0 saturated carbocycles. The van der Waals surface area contributed by atoms with E-state index in [1.54, 1.807) is 19.1 Å². The fourth-order valence-electron chi connectivity index (χ4n) is 4.03. The van der Waals surface area contributed by atoms with E-state index in [4.69, 9.17) is 14.2 Å². The summed E-state index contributed by atoms with van der Waals surface area (Å²) in [5.41, 5.74) is 2.57. The first-order chi connectivity index (χ1) is 12.2. The third-order valence-electron chi connectivity index (χ3n) is 5.08. The molecule has 0 spiro atoms. The largest absolute Gasteiger partial charge is 0.507 e. The summed E-state index contributed by atoms with van der Waals surface area (Å²) in [5.74, 6) is -1.01. The predicted octanol–water partition coefficient (Wildman–Crippen LogP) is 3.52. The maximum Gasteiger partial charge on any atom is 0.341 e. The fraction of sp³-hybridized carbons (Fsp3) is 0.350. The Bertz CT molecular complexity index is 948. The molecule has 2 aromatic carbocycles. The van der Waals surface area contributed by atoms with Crippen LogP contribution in [-0.4, -0.2) is 29.1 Å². The first-order valence-corrected chi connectivity index (χ1v) is 8.40. The van der Waals surface area contributed by atoms with Gasteiger partial charge in [0.05, 0.1) is 7.11 Å². The summed E-state index contributed by atoms with van der Waals surface area (Å²) in [4.78, 5) is 12.1. The molecule has 0 amide bonds. The number of carbonyl (C=O) groups is 1. The summed E-state index contributed by atoms with van der Waals surface area (Å²) < 4.78 is 16.9. The third kappa shape index (κ3) is 2.21. The fourth-order valence-corrected chi connectivity index (χ4v) is 4.03. The van der Waals surface area contributed by atoms with Gasteiger partial charge in [0, 0.05) is 30.4 Å². The van der Waals surface area contributed by atoms with E-state index in [0.29, 0.717) is 34.6 Å². The second-order valence-corrected chi connectivity index (χ2v) is 7.11. The highest BCUT2D eigenvalue weighted by Crippen LogP contribution is 2.57. The molecule has 0 saturated heterocycles. The van der Waals surface area contributed by atoms with Crippen LogP contribution in [0.15, 0.2) is 18.2 Å². The van der Waals surface area contributed by atoms with E-state index in [2.05, 4.69) is 0 Å². The van der Waals surface area contributed by atoms with E-state index >= 15 is 0 Å². The summed E-state index contributed by atoms with van der Waals surface area (Å²) in [6.07, 6.45) is 0.404. The second kappa shape index (κ2) is 5.30. The van der Waals surface area contributed by atoms with Gasteiger partial charge in [0.2, 0.25) is 5.79 Å². The van der Waals surface area contributed by atoms with Crippen molar-refractivity contribution >= 4 is 5.97 Å². The lowest BCUT2D eigenvalue weighted by Crippen LogP contribution is -2.46. The van der Waals surface area contributed by atoms with Gasteiger partial charge >= 0.3 is 5.97 Å². The van der Waals surface area contributed by atoms with Crippen LogP contribution in [0.3, 0.4) is 0 Å². The number of benzene rings is 2. The molecular weight excluding hydrogens is 336 g/mol. The molecule has 2 N–H and O–H groups in total. The average Bonchev–Trinajstić information content (AvgIpc) is 2.51. The number of carbonyl (C=O) groups excluding carboxylic acids is 1. The quantitative estimate of drug-likeness (QED) is 0.761. The number of hydrogen-bond donors (Lipinski definition) is 2. The highest BCUT2D eigenvalue weighted by Gasteiger charge is 2.48. The molecule has 2 atom stereocenters. The Morgan fingerprint density at radius 1 is 1.15 bits per heavy atom. The molecule has 0 aromatic heterocycles. The van der Waals surface area contributed by atoms with Gasteiger partial charge in [0.15, 0.2) is 0 Å². The number of methoxy groups -OCH3 is 1. The molecule has 2 bridgehead atoms. The van der Waals surface area contributed by atoms with Gasteiger partial charge in [-0.25, -0.2) is 4.79 Å². The third-order valence-corrected chi connectivity index (χ3v) is 5.08. The van der Waals surface area contributed by atoms with E-state index in [0.717, 1.165) is 5.56 Å². The Balaban J connectivity index is 2.01. The number of ether oxygens (including phenoxy) is 3. The number of aryl methyl sites for hydroxylation is 2. The maximum atomic E-state index is 12.1. The highest BCUT2D eigenvalue weighted by molar-refractivity contribution is 5.95. The molecule has 6 heteroatoms. The summed E-state index contributed by atoms with van der Waals surface area (Å²) in [7, 11) is 1.27. The Labute approximate surface area is 150 Å². The molecule has 2 aromatic rings. The number of esters is 1. The number of aromatic hydroxyl groups is 2. The number of hydrogen-bond acceptors (Lipinski definition) is 6. The molecule has 2 heterocycles. The summed E-state index contributed by atoms with van der Waals surface area (Å²) in [5, 5.41) is 21.4. The molecule has 136 valence electrons. The minimum absolute atomic E-state index is 0.0968. The summed E-state index contributed by atoms with van der Waals surface area (Å²) in [6, 6.07) is 5.19. The normalized spacial score (nSPS) is 22.5. The highest BCUT2D eigenvalue weighted by atomic mass is 16.7. The van der Waals surface area contributed by atoms with Gasteiger partial charge < -0.3 is 24.4 Å². The molecular formula is C20H20O6. The Hall–Kier alpha value is -2.89. The molecule has 6 nitrogen and oxygen atoms in total. The van der Waals surface area contributed by atoms with Crippen LogP contribution in [0.5, 0.6) is 23.0 Å². The topological polar surface area (TPSA) is 85.2 Å². The van der Waals surface area contributed by atoms with Crippen molar-refractivity contribution in [1.82, 2.24) is 0 Å². The van der Waals surface area contributed by atoms with Gasteiger partial charge in [-0.3, -0.25) is 0 Å². The number of phenolic OH excluding ortho intramolecular Hbond substituents is 2. The van der Waals surface area contributed by atoms with Gasteiger partial charge in [-0.2, -0.15) is 0 Å². The van der Waals surface area contributed by atoms with Gasteiger partial charge in [-0.1, -0.05) is 0 Å². The van der Waals surface area contributed by atoms with Crippen molar-refractivity contribution < 1.29 is 29.2 Å². The van der Waals surface area contributed by atoms with Gasteiger partial charge in [-0.05, 0) is 43.2 Å². The van der Waals surface area contributed by atoms with E-state index < -0.39 is 11.8 Å². The first kappa shape index (κ1) is 16.6. The van der Waals surface area contributed by atoms with Crippen molar-refractivity contribution in [3.05, 3.63) is 46.0 Å². The van der Waals surface area contributed by atoms with Crippen LogP contribution in [0.2, 0.25) is 0 Å². The number of rotatable bonds is 1. The van der Waals surface area contributed by atoms with Crippen molar-refractivity contribution in [1.29, 1.82) is 0 Å². The van der Waals surface area contributed by atoms with Gasteiger partial charge in [0.25, 0.3) is 0 Å². The van der Waals surface area contributed by atoms with Crippen LogP contribution in [0.25, 0.3) is 0 Å². The van der Waals surface area contributed by atoms with E-state index in [9.17, 15) is 15.0 Å². The molecule has 0 fully saturated rings. The van der Waals surface area contributed by atoms with Crippen LogP contribution < -0.4 is 9.47 Å². The molecule has 0 unspecified atom stereocenters. The Kier molecular flexibility index (Phi) is 3.38. The van der Waals surface area contributed by atoms with Crippen molar-refractivity contribution in [3.8, 4) is 23.0 Å². The number of fused-ring (bicyclic) bond motifs is 6. The van der Waals surface area contributed by atoms with Crippen LogP contribution >= 0.6 is 0 Å². The average molecular weight is 356 g/mol. The molecule has 2 aliphatic heterocycles. The Morgan fingerprint density at radius 2 is 1.81 bits per heavy atom. The van der Waals surface area contributed by atoms with E-state index in [1.807, 2.05) is 19.9 Å².